The van der Waals surface area contributed by atoms with E-state index in [1.807, 2.05) is 11.8 Å². The molecule has 0 spiro atoms. The van der Waals surface area contributed by atoms with Crippen molar-refractivity contribution in [1.82, 2.24) is 5.32 Å². The molecule has 0 saturated heterocycles. The zero-order valence-corrected chi connectivity index (χ0v) is 10.4. The molecule has 1 aliphatic rings. The van der Waals surface area contributed by atoms with Gasteiger partial charge < -0.3 is 5.32 Å². The maximum Gasteiger partial charge on any atom is 0.156 e. The smallest absolute Gasteiger partial charge is 0.156 e. The highest BCUT2D eigenvalue weighted by molar-refractivity contribution is 8.13. The molecule has 0 saturated carbocycles. The number of hydrogen-bond acceptors (Lipinski definition) is 3. The average Bonchev–Trinajstić information content (AvgIpc) is 2.18. The van der Waals surface area contributed by atoms with Crippen LogP contribution in [0.2, 0.25) is 0 Å². The highest BCUT2D eigenvalue weighted by Gasteiger charge is 2.13. The first-order chi connectivity index (χ1) is 6.72. The van der Waals surface area contributed by atoms with Gasteiger partial charge in [0.1, 0.15) is 0 Å². The molecule has 0 bridgehead atoms. The van der Waals surface area contributed by atoms with E-state index < -0.39 is 0 Å². The van der Waals surface area contributed by atoms with Crippen molar-refractivity contribution < 1.29 is 0 Å². The normalized spacial score (nSPS) is 24.2. The molecule has 1 aliphatic heterocycles. The topological polar surface area (TPSA) is 24.4 Å². The number of amidine groups is 1. The molecule has 1 N–H and O–H groups in total. The highest BCUT2D eigenvalue weighted by atomic mass is 32.2. The molecule has 1 rings (SSSR count). The molecule has 0 radical (unpaired) electrons. The van der Waals surface area contributed by atoms with E-state index in [4.69, 9.17) is 0 Å². The lowest BCUT2D eigenvalue weighted by atomic mass is 10.1. The summed E-state index contributed by atoms with van der Waals surface area (Å²) >= 11 is 1.87. The van der Waals surface area contributed by atoms with E-state index in [0.717, 1.165) is 17.6 Å². The van der Waals surface area contributed by atoms with Crippen molar-refractivity contribution in [2.24, 2.45) is 10.9 Å². The zero-order valence-electron chi connectivity index (χ0n) is 9.55. The molecule has 0 aromatic heterocycles. The van der Waals surface area contributed by atoms with E-state index in [1.54, 1.807) is 0 Å². The standard InChI is InChI=1S/C11H22N2S/c1-4-5-6-10(3)13-11-12-7-9(2)8-14-11/h9-10H,4-8H2,1-3H3,(H,12,13). The van der Waals surface area contributed by atoms with E-state index in [-0.39, 0.29) is 0 Å². The van der Waals surface area contributed by atoms with Crippen molar-refractivity contribution in [2.45, 2.75) is 46.1 Å². The van der Waals surface area contributed by atoms with Gasteiger partial charge in [0, 0.05) is 18.3 Å². The van der Waals surface area contributed by atoms with Crippen LogP contribution in [0.15, 0.2) is 4.99 Å². The van der Waals surface area contributed by atoms with Crippen LogP contribution in [0.1, 0.15) is 40.0 Å². The van der Waals surface area contributed by atoms with Crippen LogP contribution < -0.4 is 5.32 Å². The van der Waals surface area contributed by atoms with Gasteiger partial charge in [-0.1, -0.05) is 38.5 Å². The highest BCUT2D eigenvalue weighted by Crippen LogP contribution is 2.16. The van der Waals surface area contributed by atoms with Crippen molar-refractivity contribution in [1.29, 1.82) is 0 Å². The number of unbranched alkanes of at least 4 members (excludes halogenated alkanes) is 1. The maximum absolute atomic E-state index is 4.53. The van der Waals surface area contributed by atoms with E-state index in [9.17, 15) is 0 Å². The van der Waals surface area contributed by atoms with E-state index in [0.29, 0.717) is 6.04 Å². The van der Waals surface area contributed by atoms with Crippen LogP contribution >= 0.6 is 11.8 Å². The Kier molecular flexibility index (Phi) is 5.38. The minimum absolute atomic E-state index is 0.578. The summed E-state index contributed by atoms with van der Waals surface area (Å²) in [5, 5.41) is 4.65. The summed E-state index contributed by atoms with van der Waals surface area (Å²) in [5.74, 6) is 1.96. The van der Waals surface area contributed by atoms with Gasteiger partial charge in [-0.05, 0) is 19.3 Å². The van der Waals surface area contributed by atoms with Gasteiger partial charge in [0.15, 0.2) is 5.17 Å². The van der Waals surface area contributed by atoms with Crippen LogP contribution in [-0.4, -0.2) is 23.5 Å². The largest absolute Gasteiger partial charge is 0.362 e. The van der Waals surface area contributed by atoms with Crippen LogP contribution in [0.25, 0.3) is 0 Å². The van der Waals surface area contributed by atoms with Gasteiger partial charge >= 0.3 is 0 Å². The predicted octanol–water partition coefficient (Wildman–Crippen LogP) is 2.89. The van der Waals surface area contributed by atoms with Gasteiger partial charge in [-0.3, -0.25) is 4.99 Å². The molecular formula is C11H22N2S. The first-order valence-corrected chi connectivity index (χ1v) is 6.64. The van der Waals surface area contributed by atoms with E-state index in [1.165, 1.54) is 25.0 Å². The Morgan fingerprint density at radius 3 is 3.00 bits per heavy atom. The molecule has 1 heterocycles. The lowest BCUT2D eigenvalue weighted by molar-refractivity contribution is 0.569. The fourth-order valence-electron chi connectivity index (χ4n) is 1.44. The number of rotatable bonds is 4. The Morgan fingerprint density at radius 2 is 2.43 bits per heavy atom. The van der Waals surface area contributed by atoms with Gasteiger partial charge in [0.2, 0.25) is 0 Å². The first-order valence-electron chi connectivity index (χ1n) is 5.66. The Labute approximate surface area is 92.0 Å². The van der Waals surface area contributed by atoms with E-state index in [2.05, 4.69) is 31.1 Å². The number of hydrogen-bond donors (Lipinski definition) is 1. The number of thioether (sulfide) groups is 1. The molecule has 2 nitrogen and oxygen atoms in total. The van der Waals surface area contributed by atoms with Crippen LogP contribution in [0, 0.1) is 5.92 Å². The summed E-state index contributed by atoms with van der Waals surface area (Å²) in [7, 11) is 0. The maximum atomic E-state index is 4.53. The predicted molar refractivity (Wildman–Crippen MR) is 66.0 cm³/mol. The molecular weight excluding hydrogens is 192 g/mol. The summed E-state index contributed by atoms with van der Waals surface area (Å²) < 4.78 is 0. The minimum Gasteiger partial charge on any atom is -0.362 e. The average molecular weight is 214 g/mol. The molecule has 0 aliphatic carbocycles. The van der Waals surface area contributed by atoms with E-state index >= 15 is 0 Å². The molecule has 0 fully saturated rings. The van der Waals surface area contributed by atoms with Crippen LogP contribution in [0.5, 0.6) is 0 Å². The van der Waals surface area contributed by atoms with Crippen LogP contribution in [0.3, 0.4) is 0 Å². The summed E-state index contributed by atoms with van der Waals surface area (Å²) in [6, 6.07) is 0.578. The summed E-state index contributed by atoms with van der Waals surface area (Å²) in [6.45, 7) is 7.74. The second-order valence-electron chi connectivity index (χ2n) is 4.25. The third-order valence-corrected chi connectivity index (χ3v) is 3.67. The van der Waals surface area contributed by atoms with Crippen LogP contribution in [-0.2, 0) is 0 Å². The molecule has 14 heavy (non-hydrogen) atoms. The second-order valence-corrected chi connectivity index (χ2v) is 5.26. The van der Waals surface area contributed by atoms with Gasteiger partial charge in [-0.15, -0.1) is 0 Å². The number of nitrogens with one attached hydrogen (secondary N) is 1. The quantitative estimate of drug-likeness (QED) is 0.778. The van der Waals surface area contributed by atoms with Crippen molar-refractivity contribution in [3.63, 3.8) is 0 Å². The fraction of sp³-hybridized carbons (Fsp3) is 0.909. The fourth-order valence-corrected chi connectivity index (χ4v) is 2.44. The lowest BCUT2D eigenvalue weighted by Gasteiger charge is -2.21. The molecule has 2 unspecified atom stereocenters. The van der Waals surface area contributed by atoms with Crippen molar-refractivity contribution in [2.75, 3.05) is 12.3 Å². The Hall–Kier alpha value is -0.180. The third kappa shape index (κ3) is 4.36. The monoisotopic (exact) mass is 214 g/mol. The molecule has 0 aromatic carbocycles. The van der Waals surface area contributed by atoms with Gasteiger partial charge in [0.05, 0.1) is 0 Å². The summed E-state index contributed by atoms with van der Waals surface area (Å²) in [5.41, 5.74) is 0. The van der Waals surface area contributed by atoms with Crippen molar-refractivity contribution in [3.05, 3.63) is 0 Å². The summed E-state index contributed by atoms with van der Waals surface area (Å²) in [6.07, 6.45) is 3.84. The SMILES string of the molecule is CCCCC(C)NC1=NCC(C)CS1. The molecule has 2 atom stereocenters. The molecule has 82 valence electrons. The van der Waals surface area contributed by atoms with Gasteiger partial charge in [0.25, 0.3) is 0 Å². The third-order valence-electron chi connectivity index (χ3n) is 2.41. The Morgan fingerprint density at radius 1 is 1.64 bits per heavy atom. The minimum atomic E-state index is 0.578. The van der Waals surface area contributed by atoms with Gasteiger partial charge in [-0.2, -0.15) is 0 Å². The molecule has 0 aromatic rings. The molecule has 3 heteroatoms. The second kappa shape index (κ2) is 6.33. The van der Waals surface area contributed by atoms with Crippen molar-refractivity contribution in [3.8, 4) is 0 Å². The van der Waals surface area contributed by atoms with Crippen LogP contribution in [0.4, 0.5) is 0 Å². The lowest BCUT2D eigenvalue weighted by Crippen LogP contribution is -2.33. The number of aliphatic imine (C=N–C) groups is 1. The summed E-state index contributed by atoms with van der Waals surface area (Å²) in [4.78, 5) is 4.53. The first kappa shape index (κ1) is 11.9. The van der Waals surface area contributed by atoms with Gasteiger partial charge in [-0.25, -0.2) is 0 Å². The zero-order chi connectivity index (χ0) is 10.4. The Balaban J connectivity index is 2.23. The number of nitrogens with zero attached hydrogens (tertiary/aromatic N) is 1. The molecule has 0 amide bonds. The Bertz CT molecular complexity index is 192. The van der Waals surface area contributed by atoms with Crippen molar-refractivity contribution >= 4 is 16.9 Å².